The van der Waals surface area contributed by atoms with Crippen molar-refractivity contribution in [2.75, 3.05) is 19.1 Å². The molecule has 0 saturated heterocycles. The van der Waals surface area contributed by atoms with Crippen LogP contribution < -0.4 is 11.3 Å². The lowest BCUT2D eigenvalue weighted by molar-refractivity contribution is 0.0600. The third-order valence-corrected chi connectivity index (χ3v) is 8.13. The quantitative estimate of drug-likeness (QED) is 0.310. The van der Waals surface area contributed by atoms with Crippen molar-refractivity contribution in [3.63, 3.8) is 0 Å². The number of methoxy groups -OCH3 is 1. The zero-order chi connectivity index (χ0) is 25.5. The van der Waals surface area contributed by atoms with Gasteiger partial charge in [-0.3, -0.25) is 4.79 Å². The summed E-state index contributed by atoms with van der Waals surface area (Å²) in [5.41, 5.74) is 9.41. The van der Waals surface area contributed by atoms with Gasteiger partial charge in [-0.05, 0) is 49.1 Å². The number of rotatable bonds is 6. The number of esters is 1. The number of pyridine rings is 1. The van der Waals surface area contributed by atoms with Gasteiger partial charge in [0.25, 0.3) is 15.6 Å². The van der Waals surface area contributed by atoms with Crippen LogP contribution in [0.4, 0.5) is 5.69 Å². The average molecular weight is 512 g/mol. The van der Waals surface area contributed by atoms with E-state index in [0.29, 0.717) is 33.5 Å². The summed E-state index contributed by atoms with van der Waals surface area (Å²) >= 11 is 1.53. The number of hydrogen-bond acceptors (Lipinski definition) is 7. The van der Waals surface area contributed by atoms with Crippen molar-refractivity contribution in [2.45, 2.75) is 17.6 Å². The molecule has 0 bridgehead atoms. The number of carbonyl (C=O) groups is 1. The largest absolute Gasteiger partial charge is 0.465 e. The summed E-state index contributed by atoms with van der Waals surface area (Å²) in [6.07, 6.45) is 4.92. The maximum absolute atomic E-state index is 13.4. The molecule has 0 aliphatic rings. The smallest absolute Gasteiger partial charge is 0.338 e. The van der Waals surface area contributed by atoms with E-state index < -0.39 is 21.6 Å². The topological polar surface area (TPSA) is 113 Å². The number of fused-ring (bicyclic) bond motifs is 1. The Balaban J connectivity index is 2.00. The lowest BCUT2D eigenvalue weighted by atomic mass is 9.96. The van der Waals surface area contributed by atoms with E-state index in [1.807, 2.05) is 13.2 Å². The number of nitrogen functional groups attached to an aromatic ring is 1. The first-order chi connectivity index (χ1) is 16.6. The maximum atomic E-state index is 13.4. The van der Waals surface area contributed by atoms with Crippen molar-refractivity contribution in [1.82, 2.24) is 8.54 Å². The van der Waals surface area contributed by atoms with E-state index in [0.717, 1.165) is 15.1 Å². The number of nitrogens with zero attached hydrogens (tertiary/aromatic N) is 2. The summed E-state index contributed by atoms with van der Waals surface area (Å²) in [4.78, 5) is 25.5. The predicted molar refractivity (Wildman–Crippen MR) is 139 cm³/mol. The molecule has 0 unspecified atom stereocenters. The van der Waals surface area contributed by atoms with Gasteiger partial charge in [-0.2, -0.15) is 11.8 Å². The minimum atomic E-state index is -4.02. The highest BCUT2D eigenvalue weighted by atomic mass is 32.2. The normalized spacial score (nSPS) is 11.7. The number of benzene rings is 2. The monoisotopic (exact) mass is 511 g/mol. The minimum Gasteiger partial charge on any atom is -0.465 e. The lowest BCUT2D eigenvalue weighted by Crippen LogP contribution is -2.22. The molecule has 2 aromatic carbocycles. The van der Waals surface area contributed by atoms with Gasteiger partial charge in [0, 0.05) is 47.4 Å². The molecule has 0 aliphatic carbocycles. The third kappa shape index (κ3) is 4.23. The van der Waals surface area contributed by atoms with Crippen LogP contribution in [0.2, 0.25) is 0 Å². The van der Waals surface area contributed by atoms with E-state index in [1.165, 1.54) is 41.8 Å². The Labute approximate surface area is 207 Å². The maximum Gasteiger partial charge on any atom is 0.338 e. The van der Waals surface area contributed by atoms with Crippen molar-refractivity contribution < 1.29 is 17.9 Å². The van der Waals surface area contributed by atoms with Crippen LogP contribution in [0, 0.1) is 6.92 Å². The van der Waals surface area contributed by atoms with Gasteiger partial charge in [-0.15, -0.1) is 0 Å². The van der Waals surface area contributed by atoms with Crippen LogP contribution in [0.3, 0.4) is 0 Å². The van der Waals surface area contributed by atoms with Gasteiger partial charge in [0.15, 0.2) is 0 Å². The molecule has 2 N–H and O–H groups in total. The Morgan fingerprint density at radius 3 is 2.43 bits per heavy atom. The van der Waals surface area contributed by atoms with Crippen LogP contribution in [0.5, 0.6) is 0 Å². The van der Waals surface area contributed by atoms with E-state index >= 15 is 0 Å². The van der Waals surface area contributed by atoms with E-state index in [-0.39, 0.29) is 10.4 Å². The average Bonchev–Trinajstić information content (AvgIpc) is 3.29. The number of nitrogens with two attached hydrogens (primary N) is 1. The summed E-state index contributed by atoms with van der Waals surface area (Å²) in [7, 11) is -1.15. The van der Waals surface area contributed by atoms with Crippen LogP contribution >= 0.6 is 11.8 Å². The lowest BCUT2D eigenvalue weighted by Gasteiger charge is -2.15. The molecule has 4 aromatic rings. The highest BCUT2D eigenvalue weighted by molar-refractivity contribution is 7.97. The van der Waals surface area contributed by atoms with Crippen LogP contribution in [-0.2, 0) is 27.6 Å². The van der Waals surface area contributed by atoms with Crippen molar-refractivity contribution in [2.24, 2.45) is 7.05 Å². The SMILES string of the molecule is COC(=O)c1cc(N)c(-c2cn(C)c(=O)c3c2ccn3S(=O)(=O)c2ccc(C)cc2)cc1CSC. The van der Waals surface area contributed by atoms with Gasteiger partial charge in [-0.25, -0.2) is 17.2 Å². The molecule has 2 aromatic heterocycles. The minimum absolute atomic E-state index is 0.0217. The van der Waals surface area contributed by atoms with Gasteiger partial charge in [-0.1, -0.05) is 17.7 Å². The molecule has 182 valence electrons. The first-order valence-electron chi connectivity index (χ1n) is 10.6. The zero-order valence-electron chi connectivity index (χ0n) is 19.7. The van der Waals surface area contributed by atoms with Gasteiger partial charge in [0.1, 0.15) is 5.52 Å². The number of aryl methyl sites for hydroxylation is 2. The molecule has 0 amide bonds. The Hall–Kier alpha value is -3.50. The molecule has 0 aliphatic heterocycles. The first-order valence-corrected chi connectivity index (χ1v) is 13.5. The number of aromatic nitrogens is 2. The van der Waals surface area contributed by atoms with Crippen molar-refractivity contribution in [3.05, 3.63) is 81.9 Å². The second-order valence-electron chi connectivity index (χ2n) is 8.17. The Morgan fingerprint density at radius 2 is 1.80 bits per heavy atom. The van der Waals surface area contributed by atoms with E-state index in [1.54, 1.807) is 43.6 Å². The molecule has 0 atom stereocenters. The fraction of sp³-hybridized carbons (Fsp3) is 0.200. The molecule has 0 spiro atoms. The fourth-order valence-corrected chi connectivity index (χ4v) is 5.93. The molecule has 0 fully saturated rings. The van der Waals surface area contributed by atoms with Gasteiger partial charge >= 0.3 is 5.97 Å². The molecule has 10 heteroatoms. The molecular formula is C25H25N3O5S2. The molecule has 2 heterocycles. The Kier molecular flexibility index (Phi) is 6.52. The first kappa shape index (κ1) is 24.6. The van der Waals surface area contributed by atoms with E-state index in [9.17, 15) is 18.0 Å². The second kappa shape index (κ2) is 9.27. The number of ether oxygens (including phenoxy) is 1. The number of thioether (sulfide) groups is 1. The molecule has 4 rings (SSSR count). The third-order valence-electron chi connectivity index (χ3n) is 5.84. The van der Waals surface area contributed by atoms with Crippen molar-refractivity contribution >= 4 is 44.3 Å². The van der Waals surface area contributed by atoms with Crippen molar-refractivity contribution in [1.29, 1.82) is 0 Å². The summed E-state index contributed by atoms with van der Waals surface area (Å²) < 4.78 is 34.1. The fourth-order valence-electron chi connectivity index (χ4n) is 4.04. The number of carbonyl (C=O) groups excluding carboxylic acids is 1. The summed E-state index contributed by atoms with van der Waals surface area (Å²) in [5, 5.41) is 0.441. The molecule has 0 saturated carbocycles. The Bertz CT molecular complexity index is 1620. The predicted octanol–water partition coefficient (Wildman–Crippen LogP) is 3.78. The Morgan fingerprint density at radius 1 is 1.11 bits per heavy atom. The second-order valence-corrected chi connectivity index (χ2v) is 10.9. The highest BCUT2D eigenvalue weighted by Crippen LogP contribution is 2.35. The standard InChI is InChI=1S/C25H25N3O5S2/c1-15-5-7-17(8-6-15)35(31,32)28-10-9-18-21(13-27(2)24(29)23(18)28)20-11-16(14-34-4)19(12-22(20)26)25(30)33-3/h5-13H,14,26H2,1-4H3. The number of anilines is 1. The van der Waals surface area contributed by atoms with Gasteiger partial charge in [0.05, 0.1) is 17.6 Å². The summed E-state index contributed by atoms with van der Waals surface area (Å²) in [6, 6.07) is 11.4. The van der Waals surface area contributed by atoms with E-state index in [2.05, 4.69) is 0 Å². The molecule has 0 radical (unpaired) electrons. The number of hydrogen-bond donors (Lipinski definition) is 1. The summed E-state index contributed by atoms with van der Waals surface area (Å²) in [5.74, 6) is 0.0448. The van der Waals surface area contributed by atoms with Crippen LogP contribution in [0.1, 0.15) is 21.5 Å². The highest BCUT2D eigenvalue weighted by Gasteiger charge is 2.24. The van der Waals surface area contributed by atoms with Crippen LogP contribution in [-0.4, -0.2) is 36.3 Å². The molecule has 35 heavy (non-hydrogen) atoms. The van der Waals surface area contributed by atoms with Crippen molar-refractivity contribution in [3.8, 4) is 11.1 Å². The van der Waals surface area contributed by atoms with E-state index in [4.69, 9.17) is 10.5 Å². The molecule has 8 nitrogen and oxygen atoms in total. The van der Waals surface area contributed by atoms with Gasteiger partial charge < -0.3 is 15.0 Å². The molecular weight excluding hydrogens is 486 g/mol. The van der Waals surface area contributed by atoms with Crippen LogP contribution in [0.25, 0.3) is 22.0 Å². The van der Waals surface area contributed by atoms with Gasteiger partial charge in [0.2, 0.25) is 0 Å². The summed E-state index contributed by atoms with van der Waals surface area (Å²) in [6.45, 7) is 1.87. The van der Waals surface area contributed by atoms with Crippen LogP contribution in [0.15, 0.2) is 64.5 Å². The zero-order valence-corrected chi connectivity index (χ0v) is 21.4.